The fraction of sp³-hybridized carbons (Fsp3) is 0.379. The zero-order valence-electron chi connectivity index (χ0n) is 21.3. The van der Waals surface area contributed by atoms with E-state index in [-0.39, 0.29) is 22.8 Å². The minimum absolute atomic E-state index is 0.0532. The number of hydrogen-bond donors (Lipinski definition) is 1. The number of nitrogen functional groups attached to an aromatic ring is 1. The minimum Gasteiger partial charge on any atom is -0.482 e. The van der Waals surface area contributed by atoms with Gasteiger partial charge >= 0.3 is 0 Å². The van der Waals surface area contributed by atoms with Crippen LogP contribution in [0.3, 0.4) is 0 Å². The van der Waals surface area contributed by atoms with E-state index in [0.717, 1.165) is 50.1 Å². The average molecular weight is 557 g/mol. The van der Waals surface area contributed by atoms with E-state index in [4.69, 9.17) is 33.7 Å². The highest BCUT2D eigenvalue weighted by atomic mass is 35.5. The number of ether oxygens (including phenoxy) is 1. The first kappa shape index (κ1) is 26.7. The molecular weight excluding hydrogens is 526 g/mol. The molecule has 9 heteroatoms. The summed E-state index contributed by atoms with van der Waals surface area (Å²) in [6.07, 6.45) is 5.52. The molecule has 0 aliphatic carbocycles. The Morgan fingerprint density at radius 3 is 2.71 bits per heavy atom. The van der Waals surface area contributed by atoms with Gasteiger partial charge in [0.05, 0.1) is 5.02 Å². The van der Waals surface area contributed by atoms with Gasteiger partial charge in [-0.05, 0) is 81.6 Å². The van der Waals surface area contributed by atoms with Gasteiger partial charge in [0.1, 0.15) is 11.9 Å². The molecule has 2 aromatic carbocycles. The predicted molar refractivity (Wildman–Crippen MR) is 149 cm³/mol. The summed E-state index contributed by atoms with van der Waals surface area (Å²) in [6, 6.07) is 12.2. The van der Waals surface area contributed by atoms with E-state index in [1.807, 2.05) is 29.2 Å². The Morgan fingerprint density at radius 2 is 1.92 bits per heavy atom. The predicted octanol–water partition coefficient (Wildman–Crippen LogP) is 6.62. The van der Waals surface area contributed by atoms with Crippen LogP contribution in [0.5, 0.6) is 5.75 Å². The van der Waals surface area contributed by atoms with Gasteiger partial charge in [-0.25, -0.2) is 9.37 Å². The maximum absolute atomic E-state index is 14.0. The molecule has 1 aromatic heterocycles. The lowest BCUT2D eigenvalue weighted by molar-refractivity contribution is 0.0709. The summed E-state index contributed by atoms with van der Waals surface area (Å²) in [7, 11) is 0. The smallest absolute Gasteiger partial charge is 0.254 e. The molecule has 1 amide bonds. The number of likely N-dealkylation sites (tertiary alicyclic amines) is 2. The van der Waals surface area contributed by atoms with Crippen molar-refractivity contribution in [1.82, 2.24) is 14.8 Å². The highest BCUT2D eigenvalue weighted by Crippen LogP contribution is 2.37. The van der Waals surface area contributed by atoms with Gasteiger partial charge in [0.2, 0.25) is 0 Å². The summed E-state index contributed by atoms with van der Waals surface area (Å²) in [5, 5.41) is 0.201. The van der Waals surface area contributed by atoms with E-state index in [9.17, 15) is 9.18 Å². The number of nitrogens with zero attached hydrogens (tertiary/aromatic N) is 3. The van der Waals surface area contributed by atoms with Crippen LogP contribution in [0.25, 0.3) is 11.1 Å². The fourth-order valence-electron chi connectivity index (χ4n) is 5.43. The van der Waals surface area contributed by atoms with Crippen LogP contribution in [0.15, 0.2) is 48.7 Å². The molecule has 2 atom stereocenters. The van der Waals surface area contributed by atoms with E-state index in [2.05, 4.69) is 9.88 Å². The summed E-state index contributed by atoms with van der Waals surface area (Å²) in [6.45, 7) is 5.70. The number of pyridine rings is 1. The lowest BCUT2D eigenvalue weighted by Crippen LogP contribution is -2.42. The normalized spacial score (nSPS) is 18.6. The van der Waals surface area contributed by atoms with Crippen molar-refractivity contribution >= 4 is 34.9 Å². The minimum atomic E-state index is -0.680. The average Bonchev–Trinajstić information content (AvgIpc) is 3.60. The molecule has 1 unspecified atom stereocenters. The third kappa shape index (κ3) is 5.60. The van der Waals surface area contributed by atoms with E-state index in [1.54, 1.807) is 19.2 Å². The number of amides is 1. The Bertz CT molecular complexity index is 1330. The van der Waals surface area contributed by atoms with Crippen LogP contribution in [0.1, 0.15) is 54.6 Å². The number of benzene rings is 2. The summed E-state index contributed by atoms with van der Waals surface area (Å²) in [5.41, 5.74) is 8.63. The van der Waals surface area contributed by atoms with Crippen molar-refractivity contribution in [3.8, 4) is 16.9 Å². The largest absolute Gasteiger partial charge is 0.482 e. The quantitative estimate of drug-likeness (QED) is 0.331. The zero-order chi connectivity index (χ0) is 26.8. The fourth-order valence-corrected chi connectivity index (χ4v) is 6.10. The number of aromatic nitrogens is 1. The number of anilines is 1. The van der Waals surface area contributed by atoms with Gasteiger partial charge in [0.25, 0.3) is 5.91 Å². The van der Waals surface area contributed by atoms with Crippen LogP contribution in [-0.2, 0) is 0 Å². The maximum Gasteiger partial charge on any atom is 0.254 e. The van der Waals surface area contributed by atoms with Crippen molar-refractivity contribution in [1.29, 1.82) is 0 Å². The van der Waals surface area contributed by atoms with E-state index in [1.165, 1.54) is 25.0 Å². The van der Waals surface area contributed by atoms with Gasteiger partial charge in [0.15, 0.2) is 11.6 Å². The molecule has 38 heavy (non-hydrogen) atoms. The molecule has 0 saturated carbocycles. The highest BCUT2D eigenvalue weighted by molar-refractivity contribution is 6.36. The molecule has 3 heterocycles. The topological polar surface area (TPSA) is 71.7 Å². The second-order valence-electron chi connectivity index (χ2n) is 10.0. The van der Waals surface area contributed by atoms with Crippen LogP contribution in [0, 0.1) is 5.82 Å². The molecule has 2 fully saturated rings. The molecule has 6 nitrogen and oxygen atoms in total. The number of carbonyl (C=O) groups excluding carboxylic acids is 1. The number of nitrogens with two attached hydrogens (primary N) is 1. The van der Waals surface area contributed by atoms with Gasteiger partial charge in [-0.15, -0.1) is 0 Å². The van der Waals surface area contributed by atoms with Gasteiger partial charge in [-0.2, -0.15) is 0 Å². The Kier molecular flexibility index (Phi) is 8.07. The Balaban J connectivity index is 1.36. The maximum atomic E-state index is 14.0. The number of rotatable bonds is 7. The molecule has 2 N–H and O–H groups in total. The molecule has 3 aromatic rings. The lowest BCUT2D eigenvalue weighted by Gasteiger charge is -2.28. The van der Waals surface area contributed by atoms with Gasteiger partial charge < -0.3 is 20.3 Å². The summed E-state index contributed by atoms with van der Waals surface area (Å²) < 4.78 is 20.1. The molecule has 2 aliphatic rings. The standard InChI is InChI=1S/C29H31Cl2FN4O2/c1-18(26-23(30)9-10-24(32)27(26)31)38-25-15-21(16-34-28(25)33)19-6-4-7-20(14-19)29(37)36-13-5-8-22(36)17-35-11-2-3-12-35/h4,6-7,9-10,14-16,18,22H,2-3,5,8,11-13,17H2,1H3,(H2,33,34)/t18?,22-/m0/s1. The summed E-state index contributed by atoms with van der Waals surface area (Å²) in [4.78, 5) is 22.3. The van der Waals surface area contributed by atoms with Crippen LogP contribution in [-0.4, -0.2) is 52.9 Å². The van der Waals surface area contributed by atoms with Gasteiger partial charge in [0, 0.05) is 47.0 Å². The Labute approximate surface area is 232 Å². The first-order chi connectivity index (χ1) is 18.3. The zero-order valence-corrected chi connectivity index (χ0v) is 22.8. The molecule has 5 rings (SSSR count). The van der Waals surface area contributed by atoms with E-state index in [0.29, 0.717) is 21.9 Å². The van der Waals surface area contributed by atoms with E-state index < -0.39 is 11.9 Å². The Morgan fingerprint density at radius 1 is 1.13 bits per heavy atom. The van der Waals surface area contributed by atoms with Crippen molar-refractivity contribution in [2.24, 2.45) is 0 Å². The molecule has 200 valence electrons. The first-order valence-electron chi connectivity index (χ1n) is 13.0. The SMILES string of the molecule is CC(Oc1cc(-c2cccc(C(=O)N3CCC[C@H]3CN3CCCC3)c2)cnc1N)c1c(Cl)ccc(F)c1Cl. The molecule has 2 saturated heterocycles. The number of carbonyl (C=O) groups is 1. The molecule has 0 spiro atoms. The van der Waals surface area contributed by atoms with Crippen molar-refractivity contribution in [3.63, 3.8) is 0 Å². The monoisotopic (exact) mass is 556 g/mol. The second-order valence-corrected chi connectivity index (χ2v) is 10.8. The third-order valence-electron chi connectivity index (χ3n) is 7.42. The third-order valence-corrected chi connectivity index (χ3v) is 8.13. The van der Waals surface area contributed by atoms with Crippen LogP contribution >= 0.6 is 23.2 Å². The van der Waals surface area contributed by atoms with Crippen molar-refractivity contribution in [3.05, 3.63) is 75.7 Å². The number of halogens is 3. The van der Waals surface area contributed by atoms with Crippen molar-refractivity contribution in [2.45, 2.75) is 44.8 Å². The van der Waals surface area contributed by atoms with Gasteiger partial charge in [-0.3, -0.25) is 4.79 Å². The number of hydrogen-bond acceptors (Lipinski definition) is 5. The van der Waals surface area contributed by atoms with Crippen LogP contribution in [0.2, 0.25) is 10.0 Å². The van der Waals surface area contributed by atoms with Gasteiger partial charge in [-0.1, -0.05) is 35.3 Å². The lowest BCUT2D eigenvalue weighted by atomic mass is 10.0. The highest BCUT2D eigenvalue weighted by Gasteiger charge is 2.31. The second kappa shape index (κ2) is 11.5. The molecular formula is C29H31Cl2FN4O2. The Hall–Kier alpha value is -2.87. The molecule has 2 aliphatic heterocycles. The van der Waals surface area contributed by atoms with E-state index >= 15 is 0 Å². The molecule has 0 bridgehead atoms. The van der Waals surface area contributed by atoms with Crippen molar-refractivity contribution < 1.29 is 13.9 Å². The molecule has 0 radical (unpaired) electrons. The van der Waals surface area contributed by atoms with Crippen molar-refractivity contribution in [2.75, 3.05) is 31.9 Å². The first-order valence-corrected chi connectivity index (χ1v) is 13.8. The summed E-state index contributed by atoms with van der Waals surface area (Å²) >= 11 is 12.4. The summed E-state index contributed by atoms with van der Waals surface area (Å²) in [5.74, 6) is -0.0346. The van der Waals surface area contributed by atoms with Crippen LogP contribution < -0.4 is 10.5 Å². The van der Waals surface area contributed by atoms with Crippen LogP contribution in [0.4, 0.5) is 10.2 Å².